The van der Waals surface area contributed by atoms with E-state index in [2.05, 4.69) is 54.3 Å². The zero-order chi connectivity index (χ0) is 22.6. The first-order valence-corrected chi connectivity index (χ1v) is 11.4. The van der Waals surface area contributed by atoms with Crippen LogP contribution in [0.15, 0.2) is 48.7 Å². The minimum absolute atomic E-state index is 0.616. The highest BCUT2D eigenvalue weighted by Gasteiger charge is 2.19. The number of nitrogens with zero attached hydrogens (tertiary/aromatic N) is 3. The Morgan fingerprint density at radius 2 is 1.81 bits per heavy atom. The van der Waals surface area contributed by atoms with Crippen LogP contribution in [0.3, 0.4) is 0 Å². The number of hydrogen-bond acceptors (Lipinski definition) is 4. The Kier molecular flexibility index (Phi) is 10.4. The molecule has 3 aromatic rings. The number of fused-ring (bicyclic) bond motifs is 1. The molecule has 1 aliphatic rings. The zero-order valence-electron chi connectivity index (χ0n) is 19.8. The topological polar surface area (TPSA) is 50.2 Å². The lowest BCUT2D eigenvalue weighted by molar-refractivity contribution is 0.111. The standard InChI is InChI=1S/C16H14N2O.C7H15N.C3H9N/c1-2-18-13(11-19)10-17-16(18)15-9-5-7-12-6-3-4-8-14(12)15;1-3-8(2)7-5-4-6-7;1-3-4-2/h3-11H,2H2,1H3;7H,3-6H2,1-2H3;4H,3H2,1-2H3. The monoisotopic (exact) mass is 422 g/mol. The molecule has 2 aromatic carbocycles. The molecule has 0 bridgehead atoms. The van der Waals surface area contributed by atoms with Gasteiger partial charge >= 0.3 is 0 Å². The van der Waals surface area contributed by atoms with E-state index >= 15 is 0 Å². The van der Waals surface area contributed by atoms with Crippen LogP contribution in [-0.2, 0) is 6.54 Å². The molecule has 0 amide bonds. The van der Waals surface area contributed by atoms with Crippen molar-refractivity contribution in [3.8, 4) is 11.4 Å². The molecule has 168 valence electrons. The second-order valence-corrected chi connectivity index (χ2v) is 7.76. The van der Waals surface area contributed by atoms with Crippen LogP contribution in [0.2, 0.25) is 0 Å². The highest BCUT2D eigenvalue weighted by atomic mass is 16.1. The molecular weight excluding hydrogens is 384 g/mol. The average Bonchev–Trinajstić information content (AvgIpc) is 3.21. The third kappa shape index (κ3) is 6.49. The molecular formula is C26H38N4O. The molecule has 31 heavy (non-hydrogen) atoms. The summed E-state index contributed by atoms with van der Waals surface area (Å²) in [6, 6.07) is 15.3. The van der Waals surface area contributed by atoms with E-state index in [-0.39, 0.29) is 0 Å². The van der Waals surface area contributed by atoms with Crippen molar-refractivity contribution in [2.45, 2.75) is 52.6 Å². The molecule has 1 N–H and O–H groups in total. The van der Waals surface area contributed by atoms with Gasteiger partial charge in [0.25, 0.3) is 0 Å². The van der Waals surface area contributed by atoms with Gasteiger partial charge in [0.1, 0.15) is 11.5 Å². The number of hydrogen-bond donors (Lipinski definition) is 1. The van der Waals surface area contributed by atoms with E-state index in [1.807, 2.05) is 42.8 Å². The Labute approximate surface area is 187 Å². The summed E-state index contributed by atoms with van der Waals surface area (Å²) >= 11 is 0. The SMILES string of the molecule is CCN(C)C1CCC1.CCNC.CCn1c(C=O)cnc1-c1cccc2ccccc12. The minimum atomic E-state index is 0.616. The van der Waals surface area contributed by atoms with E-state index in [1.165, 1.54) is 31.2 Å². The average molecular weight is 423 g/mol. The summed E-state index contributed by atoms with van der Waals surface area (Å²) in [5.41, 5.74) is 1.68. The van der Waals surface area contributed by atoms with Crippen LogP contribution in [-0.4, -0.2) is 54.0 Å². The molecule has 0 spiro atoms. The van der Waals surface area contributed by atoms with E-state index in [9.17, 15) is 4.79 Å². The fourth-order valence-electron chi connectivity index (χ4n) is 3.54. The van der Waals surface area contributed by atoms with Gasteiger partial charge in [0.15, 0.2) is 6.29 Å². The Morgan fingerprint density at radius 1 is 1.13 bits per heavy atom. The van der Waals surface area contributed by atoms with Gasteiger partial charge < -0.3 is 14.8 Å². The van der Waals surface area contributed by atoms with Gasteiger partial charge in [-0.2, -0.15) is 0 Å². The third-order valence-corrected chi connectivity index (χ3v) is 5.90. The summed E-state index contributed by atoms with van der Waals surface area (Å²) in [6.45, 7) is 9.32. The molecule has 0 radical (unpaired) electrons. The van der Waals surface area contributed by atoms with Gasteiger partial charge in [-0.05, 0) is 57.7 Å². The number of benzene rings is 2. The van der Waals surface area contributed by atoms with Gasteiger partial charge in [0, 0.05) is 18.2 Å². The molecule has 5 nitrogen and oxygen atoms in total. The predicted octanol–water partition coefficient (Wildman–Crippen LogP) is 5.25. The maximum Gasteiger partial charge on any atom is 0.168 e. The molecule has 4 rings (SSSR count). The van der Waals surface area contributed by atoms with Crippen LogP contribution in [0, 0.1) is 0 Å². The van der Waals surface area contributed by atoms with Crippen LogP contribution >= 0.6 is 0 Å². The van der Waals surface area contributed by atoms with Gasteiger partial charge in [-0.1, -0.05) is 62.7 Å². The molecule has 0 saturated heterocycles. The Hall–Kier alpha value is -2.50. The summed E-state index contributed by atoms with van der Waals surface area (Å²) in [6.07, 6.45) is 6.81. The van der Waals surface area contributed by atoms with Crippen molar-refractivity contribution in [1.29, 1.82) is 0 Å². The lowest BCUT2D eigenvalue weighted by atomic mass is 9.92. The Bertz CT molecular complexity index is 920. The number of imidazole rings is 1. The van der Waals surface area contributed by atoms with Gasteiger partial charge in [-0.3, -0.25) is 4.79 Å². The lowest BCUT2D eigenvalue weighted by Crippen LogP contribution is -2.36. The molecule has 1 saturated carbocycles. The maximum atomic E-state index is 11.0. The van der Waals surface area contributed by atoms with Crippen molar-refractivity contribution in [2.24, 2.45) is 0 Å². The number of carbonyl (C=O) groups is 1. The third-order valence-electron chi connectivity index (χ3n) is 5.90. The molecule has 0 aliphatic heterocycles. The van der Waals surface area contributed by atoms with E-state index in [1.54, 1.807) is 6.20 Å². The molecule has 0 unspecified atom stereocenters. The second-order valence-electron chi connectivity index (χ2n) is 7.76. The van der Waals surface area contributed by atoms with E-state index < -0.39 is 0 Å². The van der Waals surface area contributed by atoms with Crippen molar-refractivity contribution in [3.63, 3.8) is 0 Å². The first-order valence-electron chi connectivity index (χ1n) is 11.4. The van der Waals surface area contributed by atoms with Crippen molar-refractivity contribution in [1.82, 2.24) is 19.8 Å². The summed E-state index contributed by atoms with van der Waals surface area (Å²) in [5, 5.41) is 5.26. The van der Waals surface area contributed by atoms with Crippen LogP contribution in [0.25, 0.3) is 22.2 Å². The molecule has 1 aliphatic carbocycles. The van der Waals surface area contributed by atoms with Crippen LogP contribution < -0.4 is 5.32 Å². The van der Waals surface area contributed by atoms with Crippen molar-refractivity contribution in [3.05, 3.63) is 54.4 Å². The highest BCUT2D eigenvalue weighted by Crippen LogP contribution is 2.28. The van der Waals surface area contributed by atoms with E-state index in [0.29, 0.717) is 5.69 Å². The normalized spacial score (nSPS) is 13.1. The molecule has 1 fully saturated rings. The van der Waals surface area contributed by atoms with Crippen molar-refractivity contribution >= 4 is 17.1 Å². The minimum Gasteiger partial charge on any atom is -0.322 e. The second kappa shape index (κ2) is 13.0. The molecule has 1 heterocycles. The first kappa shape index (κ1) is 24.8. The quantitative estimate of drug-likeness (QED) is 0.551. The summed E-state index contributed by atoms with van der Waals surface area (Å²) in [5.74, 6) is 0.849. The summed E-state index contributed by atoms with van der Waals surface area (Å²) in [4.78, 5) is 17.9. The molecule has 5 heteroatoms. The fraction of sp³-hybridized carbons (Fsp3) is 0.462. The van der Waals surface area contributed by atoms with Crippen LogP contribution in [0.1, 0.15) is 50.5 Å². The Balaban J connectivity index is 0.000000236. The van der Waals surface area contributed by atoms with Gasteiger partial charge in [-0.15, -0.1) is 0 Å². The number of carbonyl (C=O) groups excluding carboxylic acids is 1. The molecule has 0 atom stereocenters. The smallest absolute Gasteiger partial charge is 0.168 e. The number of aromatic nitrogens is 2. The number of rotatable bonds is 6. The number of nitrogens with one attached hydrogen (secondary N) is 1. The van der Waals surface area contributed by atoms with Gasteiger partial charge in [-0.25, -0.2) is 4.98 Å². The van der Waals surface area contributed by atoms with E-state index in [4.69, 9.17) is 0 Å². The van der Waals surface area contributed by atoms with Gasteiger partial charge in [0.05, 0.1) is 6.20 Å². The maximum absolute atomic E-state index is 11.0. The highest BCUT2D eigenvalue weighted by molar-refractivity contribution is 5.95. The van der Waals surface area contributed by atoms with Crippen molar-refractivity contribution < 1.29 is 4.79 Å². The first-order chi connectivity index (χ1) is 15.1. The lowest BCUT2D eigenvalue weighted by Gasteiger charge is -2.33. The number of aldehydes is 1. The van der Waals surface area contributed by atoms with E-state index in [0.717, 1.165) is 42.2 Å². The van der Waals surface area contributed by atoms with Crippen LogP contribution in [0.4, 0.5) is 0 Å². The zero-order valence-corrected chi connectivity index (χ0v) is 19.8. The Morgan fingerprint density at radius 3 is 2.32 bits per heavy atom. The largest absolute Gasteiger partial charge is 0.322 e. The fourth-order valence-corrected chi connectivity index (χ4v) is 3.54. The van der Waals surface area contributed by atoms with Crippen molar-refractivity contribution in [2.75, 3.05) is 27.2 Å². The predicted molar refractivity (Wildman–Crippen MR) is 132 cm³/mol. The van der Waals surface area contributed by atoms with Gasteiger partial charge in [0.2, 0.25) is 0 Å². The summed E-state index contributed by atoms with van der Waals surface area (Å²) < 4.78 is 1.94. The summed E-state index contributed by atoms with van der Waals surface area (Å²) in [7, 11) is 4.14. The molecule has 1 aromatic heterocycles. The van der Waals surface area contributed by atoms with Crippen LogP contribution in [0.5, 0.6) is 0 Å².